The van der Waals surface area contributed by atoms with Gasteiger partial charge in [0.05, 0.1) is 11.9 Å². The van der Waals surface area contributed by atoms with Gasteiger partial charge in [-0.25, -0.2) is 0 Å². The summed E-state index contributed by atoms with van der Waals surface area (Å²) in [5, 5.41) is 0. The molecule has 0 saturated heterocycles. The van der Waals surface area contributed by atoms with Crippen LogP contribution >= 0.6 is 0 Å². The third-order valence-corrected chi connectivity index (χ3v) is 1.46. The molecule has 0 radical (unpaired) electrons. The lowest BCUT2D eigenvalue weighted by atomic mass is 10.3. The average Bonchev–Trinajstić information content (AvgIpc) is 2.05. The minimum Gasteiger partial charge on any atom is -0.317 e. The van der Waals surface area contributed by atoms with Crippen molar-refractivity contribution in [2.24, 2.45) is 0 Å². The highest BCUT2D eigenvalue weighted by Gasteiger charge is 1.96. The molecule has 0 fully saturated rings. The van der Waals surface area contributed by atoms with Crippen LogP contribution in [0.25, 0.3) is 0 Å². The van der Waals surface area contributed by atoms with Gasteiger partial charge in [0.2, 0.25) is 6.41 Å². The molecule has 0 unspecified atom stereocenters. The number of amides is 1. The van der Waals surface area contributed by atoms with E-state index in [-0.39, 0.29) is 0 Å². The molecule has 1 rings (SSSR count). The van der Waals surface area contributed by atoms with Crippen molar-refractivity contribution < 1.29 is 4.79 Å². The molecule has 1 amide bonds. The molecule has 0 aliphatic rings. The second kappa shape index (κ2) is 3.14. The van der Waals surface area contributed by atoms with Crippen molar-refractivity contribution in [1.29, 1.82) is 0 Å². The van der Waals surface area contributed by atoms with Crippen molar-refractivity contribution in [2.75, 3.05) is 11.9 Å². The van der Waals surface area contributed by atoms with Gasteiger partial charge in [0.25, 0.3) is 0 Å². The number of rotatable bonds is 2. The number of aryl methyl sites for hydroxylation is 1. The Balaban J connectivity index is 2.89. The zero-order chi connectivity index (χ0) is 8.27. The molecule has 0 aliphatic heterocycles. The van der Waals surface area contributed by atoms with Crippen molar-refractivity contribution in [1.82, 2.24) is 4.98 Å². The highest BCUT2D eigenvalue weighted by Crippen LogP contribution is 2.08. The molecule has 1 aromatic heterocycles. The molecule has 1 aromatic rings. The van der Waals surface area contributed by atoms with E-state index < -0.39 is 0 Å². The van der Waals surface area contributed by atoms with Crippen molar-refractivity contribution >= 4 is 12.1 Å². The third kappa shape index (κ3) is 1.77. The van der Waals surface area contributed by atoms with Gasteiger partial charge in [0.15, 0.2) is 0 Å². The first kappa shape index (κ1) is 7.72. The molecule has 0 atom stereocenters. The number of pyridine rings is 1. The monoisotopic (exact) mass is 150 g/mol. The van der Waals surface area contributed by atoms with E-state index in [2.05, 4.69) is 4.98 Å². The highest BCUT2D eigenvalue weighted by molar-refractivity contribution is 5.73. The summed E-state index contributed by atoms with van der Waals surface area (Å²) < 4.78 is 0. The van der Waals surface area contributed by atoms with Crippen LogP contribution in [0.3, 0.4) is 0 Å². The Morgan fingerprint density at radius 3 is 2.73 bits per heavy atom. The van der Waals surface area contributed by atoms with Crippen molar-refractivity contribution in [2.45, 2.75) is 6.92 Å². The minimum atomic E-state index is 0.756. The molecule has 58 valence electrons. The van der Waals surface area contributed by atoms with Crippen LogP contribution in [0.1, 0.15) is 5.69 Å². The fourth-order valence-corrected chi connectivity index (χ4v) is 0.729. The number of carbonyl (C=O) groups is 1. The van der Waals surface area contributed by atoms with Gasteiger partial charge >= 0.3 is 0 Å². The molecule has 3 heteroatoms. The molecule has 0 N–H and O–H groups in total. The largest absolute Gasteiger partial charge is 0.317 e. The maximum absolute atomic E-state index is 10.3. The lowest BCUT2D eigenvalue weighted by molar-refractivity contribution is -0.107. The van der Waals surface area contributed by atoms with Crippen LogP contribution in [0, 0.1) is 6.92 Å². The predicted molar refractivity (Wildman–Crippen MR) is 43.4 cm³/mol. The highest BCUT2D eigenvalue weighted by atomic mass is 16.1. The van der Waals surface area contributed by atoms with Gasteiger partial charge in [-0.2, -0.15) is 0 Å². The second-order valence-corrected chi connectivity index (χ2v) is 2.37. The lowest BCUT2D eigenvalue weighted by Crippen LogP contribution is -2.13. The van der Waals surface area contributed by atoms with E-state index in [1.165, 1.54) is 4.90 Å². The van der Waals surface area contributed by atoms with Crippen LogP contribution in [0.4, 0.5) is 5.69 Å². The van der Waals surface area contributed by atoms with Crippen LogP contribution in [-0.2, 0) is 4.79 Å². The molecule has 3 nitrogen and oxygen atoms in total. The Morgan fingerprint density at radius 1 is 1.55 bits per heavy atom. The van der Waals surface area contributed by atoms with Gasteiger partial charge in [-0.3, -0.25) is 9.78 Å². The van der Waals surface area contributed by atoms with E-state index >= 15 is 0 Å². The summed E-state index contributed by atoms with van der Waals surface area (Å²) in [6, 6.07) is 3.73. The number of aromatic nitrogens is 1. The van der Waals surface area contributed by atoms with E-state index in [1.807, 2.05) is 19.1 Å². The van der Waals surface area contributed by atoms with Gasteiger partial charge in [-0.05, 0) is 19.1 Å². The number of anilines is 1. The van der Waals surface area contributed by atoms with Gasteiger partial charge in [-0.1, -0.05) is 0 Å². The van der Waals surface area contributed by atoms with Crippen LogP contribution in [0.5, 0.6) is 0 Å². The van der Waals surface area contributed by atoms with Crippen molar-refractivity contribution in [3.8, 4) is 0 Å². The SMILES string of the molecule is Cc1ccc(N(C)C=O)cn1. The molecule has 0 aliphatic carbocycles. The number of nitrogens with zero attached hydrogens (tertiary/aromatic N) is 2. The van der Waals surface area contributed by atoms with Crippen LogP contribution in [0.15, 0.2) is 18.3 Å². The normalized spacial score (nSPS) is 9.27. The van der Waals surface area contributed by atoms with Crippen molar-refractivity contribution in [3.05, 3.63) is 24.0 Å². The zero-order valence-electron chi connectivity index (χ0n) is 6.61. The smallest absolute Gasteiger partial charge is 0.213 e. The summed E-state index contributed by atoms with van der Waals surface area (Å²) in [5.41, 5.74) is 1.76. The first-order valence-corrected chi connectivity index (χ1v) is 3.35. The van der Waals surface area contributed by atoms with Crippen LogP contribution < -0.4 is 4.90 Å². The summed E-state index contributed by atoms with van der Waals surface area (Å²) in [4.78, 5) is 15.8. The molecule has 1 heterocycles. The Bertz CT molecular complexity index is 243. The van der Waals surface area contributed by atoms with Gasteiger partial charge in [0, 0.05) is 12.7 Å². The van der Waals surface area contributed by atoms with E-state index in [1.54, 1.807) is 13.2 Å². The first-order valence-electron chi connectivity index (χ1n) is 3.35. The predicted octanol–water partition coefficient (Wildman–Crippen LogP) is 0.983. The Hall–Kier alpha value is -1.38. The Kier molecular flexibility index (Phi) is 2.21. The zero-order valence-corrected chi connectivity index (χ0v) is 6.61. The molecule has 0 bridgehead atoms. The molecule has 11 heavy (non-hydrogen) atoms. The van der Waals surface area contributed by atoms with E-state index in [9.17, 15) is 4.79 Å². The number of hydrogen-bond acceptors (Lipinski definition) is 2. The van der Waals surface area contributed by atoms with Gasteiger partial charge < -0.3 is 4.90 Å². The van der Waals surface area contributed by atoms with Crippen molar-refractivity contribution in [3.63, 3.8) is 0 Å². The number of carbonyl (C=O) groups excluding carboxylic acids is 1. The fraction of sp³-hybridized carbons (Fsp3) is 0.250. The topological polar surface area (TPSA) is 33.2 Å². The Morgan fingerprint density at radius 2 is 2.27 bits per heavy atom. The summed E-state index contributed by atoms with van der Waals surface area (Å²) in [6.07, 6.45) is 2.43. The maximum atomic E-state index is 10.3. The lowest BCUT2D eigenvalue weighted by Gasteiger charge is -2.08. The quantitative estimate of drug-likeness (QED) is 0.589. The maximum Gasteiger partial charge on any atom is 0.213 e. The minimum absolute atomic E-state index is 0.756. The molecule has 0 spiro atoms. The average molecular weight is 150 g/mol. The van der Waals surface area contributed by atoms with Gasteiger partial charge in [0.1, 0.15) is 0 Å². The molecule has 0 saturated carbocycles. The standard InChI is InChI=1S/C8H10N2O/c1-7-3-4-8(5-9-7)10(2)6-11/h3-6H,1-2H3. The molecular weight excluding hydrogens is 140 g/mol. The second-order valence-electron chi connectivity index (χ2n) is 2.37. The first-order chi connectivity index (χ1) is 5.24. The van der Waals surface area contributed by atoms with E-state index in [4.69, 9.17) is 0 Å². The van der Waals surface area contributed by atoms with E-state index in [0.29, 0.717) is 0 Å². The van der Waals surface area contributed by atoms with Crippen LogP contribution in [0.2, 0.25) is 0 Å². The molecule has 0 aromatic carbocycles. The Labute approximate surface area is 65.7 Å². The molecular formula is C8H10N2O. The summed E-state index contributed by atoms with van der Waals surface area (Å²) in [7, 11) is 1.69. The summed E-state index contributed by atoms with van der Waals surface area (Å²) >= 11 is 0. The van der Waals surface area contributed by atoms with Gasteiger partial charge in [-0.15, -0.1) is 0 Å². The number of hydrogen-bond donors (Lipinski definition) is 0. The van der Waals surface area contributed by atoms with Crippen LogP contribution in [-0.4, -0.2) is 18.4 Å². The summed E-state index contributed by atoms with van der Waals surface area (Å²) in [6.45, 7) is 1.91. The third-order valence-electron chi connectivity index (χ3n) is 1.46. The fourth-order valence-electron chi connectivity index (χ4n) is 0.729. The summed E-state index contributed by atoms with van der Waals surface area (Å²) in [5.74, 6) is 0. The van der Waals surface area contributed by atoms with E-state index in [0.717, 1.165) is 17.8 Å².